The first kappa shape index (κ1) is 28.0. The number of rotatable bonds is 10. The quantitative estimate of drug-likeness (QED) is 0.417. The molecule has 36 heavy (non-hydrogen) atoms. The van der Waals surface area contributed by atoms with Gasteiger partial charge >= 0.3 is 13.2 Å². The minimum absolute atomic E-state index is 0.280. The van der Waals surface area contributed by atoms with Crippen LogP contribution in [0.25, 0.3) is 0 Å². The Morgan fingerprint density at radius 2 is 1.64 bits per heavy atom. The van der Waals surface area contributed by atoms with Gasteiger partial charge in [-0.15, -0.1) is 0 Å². The van der Waals surface area contributed by atoms with Crippen LogP contribution in [0.5, 0.6) is 0 Å². The highest BCUT2D eigenvalue weighted by atomic mass is 16.7. The number of morpholine rings is 1. The van der Waals surface area contributed by atoms with Crippen LogP contribution in [0.15, 0.2) is 30.3 Å². The number of hydrogen-bond donors (Lipinski definition) is 3. The SMILES string of the molecule is CC1(C)OB([C@@H](CCCc2ccccc2)NC(=O)[C@H](CC(=O)N2CCOCC2)NC(=O)O)OC1(C)C. The number of carbonyl (C=O) groups is 3. The number of hydrogen-bond acceptors (Lipinski definition) is 6. The van der Waals surface area contributed by atoms with Gasteiger partial charge < -0.3 is 34.7 Å². The second-order valence-electron chi connectivity index (χ2n) is 10.3. The molecule has 2 fully saturated rings. The van der Waals surface area contributed by atoms with Crippen molar-refractivity contribution in [1.82, 2.24) is 15.5 Å². The fourth-order valence-corrected chi connectivity index (χ4v) is 4.26. The van der Waals surface area contributed by atoms with Gasteiger partial charge in [-0.3, -0.25) is 9.59 Å². The van der Waals surface area contributed by atoms with E-state index in [0.29, 0.717) is 32.7 Å². The second-order valence-corrected chi connectivity index (χ2v) is 10.3. The number of carbonyl (C=O) groups excluding carboxylic acids is 2. The smallest absolute Gasteiger partial charge is 0.465 e. The lowest BCUT2D eigenvalue weighted by Crippen LogP contribution is -2.56. The lowest BCUT2D eigenvalue weighted by atomic mass is 9.75. The summed E-state index contributed by atoms with van der Waals surface area (Å²) in [5.74, 6) is -1.42. The summed E-state index contributed by atoms with van der Waals surface area (Å²) in [6.45, 7) is 9.40. The number of nitrogens with zero attached hydrogens (tertiary/aromatic N) is 1. The molecule has 0 aliphatic carbocycles. The minimum atomic E-state index is -1.37. The first-order valence-corrected chi connectivity index (χ1v) is 12.5. The van der Waals surface area contributed by atoms with Crippen molar-refractivity contribution in [2.45, 2.75) is 76.6 Å². The molecule has 3 N–H and O–H groups in total. The zero-order chi connectivity index (χ0) is 26.3. The number of carboxylic acid groups (broad SMARTS) is 1. The van der Waals surface area contributed by atoms with Crippen LogP contribution in [-0.2, 0) is 30.1 Å². The van der Waals surface area contributed by atoms with Crippen molar-refractivity contribution in [3.8, 4) is 0 Å². The molecule has 2 aliphatic heterocycles. The van der Waals surface area contributed by atoms with Gasteiger partial charge in [0.1, 0.15) is 6.04 Å². The van der Waals surface area contributed by atoms with Crippen molar-refractivity contribution in [2.75, 3.05) is 26.3 Å². The van der Waals surface area contributed by atoms with Crippen LogP contribution in [-0.4, -0.2) is 84.5 Å². The molecule has 0 aromatic heterocycles. The summed E-state index contributed by atoms with van der Waals surface area (Å²) < 4.78 is 17.7. The molecule has 0 saturated carbocycles. The average molecular weight is 503 g/mol. The van der Waals surface area contributed by atoms with Gasteiger partial charge in [0.25, 0.3) is 0 Å². The number of nitrogens with one attached hydrogen (secondary N) is 2. The Morgan fingerprint density at radius 1 is 1.03 bits per heavy atom. The lowest BCUT2D eigenvalue weighted by molar-refractivity contribution is -0.138. The van der Waals surface area contributed by atoms with E-state index in [-0.39, 0.29) is 12.3 Å². The fraction of sp³-hybridized carbons (Fsp3) is 0.640. The Morgan fingerprint density at radius 3 is 2.22 bits per heavy atom. The Hall–Kier alpha value is -2.63. The standard InChI is InChI=1S/C25H38BN3O7/c1-24(2)25(3,4)36-26(35-24)20(12-8-11-18-9-6-5-7-10-18)28-22(31)19(27-23(32)33)17-21(30)29-13-15-34-16-14-29/h5-7,9-10,19-20,27H,8,11-17H2,1-4H3,(H,28,31)(H,32,33)/t19-,20+/m0/s1. The molecule has 198 valence electrons. The van der Waals surface area contributed by atoms with Crippen LogP contribution >= 0.6 is 0 Å². The molecule has 2 heterocycles. The number of ether oxygens (including phenoxy) is 1. The number of aryl methyl sites for hydroxylation is 1. The van der Waals surface area contributed by atoms with E-state index in [0.717, 1.165) is 12.8 Å². The molecule has 10 nitrogen and oxygen atoms in total. The van der Waals surface area contributed by atoms with Crippen LogP contribution in [0.2, 0.25) is 0 Å². The second kappa shape index (κ2) is 12.1. The van der Waals surface area contributed by atoms with Gasteiger partial charge in [0.05, 0.1) is 36.8 Å². The van der Waals surface area contributed by atoms with Crippen molar-refractivity contribution in [3.05, 3.63) is 35.9 Å². The van der Waals surface area contributed by atoms with Gasteiger partial charge in [-0.2, -0.15) is 0 Å². The van der Waals surface area contributed by atoms with Gasteiger partial charge in [0.2, 0.25) is 11.8 Å². The third-order valence-corrected chi connectivity index (χ3v) is 7.11. The maximum atomic E-state index is 13.3. The maximum absolute atomic E-state index is 13.3. The van der Waals surface area contributed by atoms with Gasteiger partial charge in [0.15, 0.2) is 0 Å². The van der Waals surface area contributed by atoms with Crippen LogP contribution in [0.1, 0.15) is 52.5 Å². The van der Waals surface area contributed by atoms with E-state index in [9.17, 15) is 19.5 Å². The predicted molar refractivity (Wildman–Crippen MR) is 134 cm³/mol. The topological polar surface area (TPSA) is 126 Å². The van der Waals surface area contributed by atoms with E-state index in [2.05, 4.69) is 10.6 Å². The summed E-state index contributed by atoms with van der Waals surface area (Å²) in [5, 5.41) is 14.4. The van der Waals surface area contributed by atoms with Gasteiger partial charge in [-0.25, -0.2) is 4.79 Å². The molecule has 1 aromatic rings. The molecule has 2 atom stereocenters. The Labute approximate surface area is 213 Å². The molecule has 2 saturated heterocycles. The largest absolute Gasteiger partial charge is 0.481 e. The monoisotopic (exact) mass is 503 g/mol. The van der Waals surface area contributed by atoms with Crippen LogP contribution in [0, 0.1) is 0 Å². The van der Waals surface area contributed by atoms with E-state index in [1.54, 1.807) is 4.90 Å². The van der Waals surface area contributed by atoms with Gasteiger partial charge in [-0.1, -0.05) is 30.3 Å². The summed E-state index contributed by atoms with van der Waals surface area (Å²) in [5.41, 5.74) is -0.00562. The van der Waals surface area contributed by atoms with Crippen molar-refractivity contribution in [1.29, 1.82) is 0 Å². The molecule has 0 spiro atoms. The number of benzene rings is 1. The molecular formula is C25H38BN3O7. The highest BCUT2D eigenvalue weighted by Gasteiger charge is 2.54. The molecule has 2 aliphatic rings. The molecule has 0 radical (unpaired) electrons. The zero-order valence-electron chi connectivity index (χ0n) is 21.6. The van der Waals surface area contributed by atoms with E-state index < -0.39 is 42.3 Å². The predicted octanol–water partition coefficient (Wildman–Crippen LogP) is 2.01. The van der Waals surface area contributed by atoms with Crippen molar-refractivity contribution >= 4 is 25.0 Å². The Kier molecular flexibility index (Phi) is 9.38. The molecule has 0 bridgehead atoms. The van der Waals surface area contributed by atoms with Crippen LogP contribution in [0.3, 0.4) is 0 Å². The average Bonchev–Trinajstić information content (AvgIpc) is 3.05. The third kappa shape index (κ3) is 7.44. The Bertz CT molecular complexity index is 890. The first-order chi connectivity index (χ1) is 17.0. The van der Waals surface area contributed by atoms with Crippen LogP contribution < -0.4 is 10.6 Å². The molecular weight excluding hydrogens is 465 g/mol. The van der Waals surface area contributed by atoms with Gasteiger partial charge in [-0.05, 0) is 52.5 Å². The normalized spacial score (nSPS) is 20.4. The minimum Gasteiger partial charge on any atom is -0.465 e. The fourth-order valence-electron chi connectivity index (χ4n) is 4.26. The molecule has 11 heteroatoms. The number of amides is 3. The highest BCUT2D eigenvalue weighted by Crippen LogP contribution is 2.38. The lowest BCUT2D eigenvalue weighted by Gasteiger charge is -2.32. The van der Waals surface area contributed by atoms with E-state index >= 15 is 0 Å². The van der Waals surface area contributed by atoms with Crippen LogP contribution in [0.4, 0.5) is 4.79 Å². The van der Waals surface area contributed by atoms with Crippen molar-refractivity contribution < 1.29 is 33.5 Å². The summed E-state index contributed by atoms with van der Waals surface area (Å²) >= 11 is 0. The van der Waals surface area contributed by atoms with E-state index in [1.807, 2.05) is 58.0 Å². The Balaban J connectivity index is 1.70. The molecule has 3 amide bonds. The molecule has 1 aromatic carbocycles. The van der Waals surface area contributed by atoms with Crippen molar-refractivity contribution in [2.24, 2.45) is 0 Å². The highest BCUT2D eigenvalue weighted by molar-refractivity contribution is 6.48. The third-order valence-electron chi connectivity index (χ3n) is 7.11. The summed E-state index contributed by atoms with van der Waals surface area (Å²) in [4.78, 5) is 39.0. The first-order valence-electron chi connectivity index (χ1n) is 12.5. The van der Waals surface area contributed by atoms with Crippen molar-refractivity contribution in [3.63, 3.8) is 0 Å². The summed E-state index contributed by atoms with van der Waals surface area (Å²) in [7, 11) is -0.713. The molecule has 3 rings (SSSR count). The van der Waals surface area contributed by atoms with E-state index in [1.165, 1.54) is 5.56 Å². The molecule has 0 unspecified atom stereocenters. The van der Waals surface area contributed by atoms with E-state index in [4.69, 9.17) is 14.0 Å². The maximum Gasteiger partial charge on any atom is 0.481 e. The summed E-state index contributed by atoms with van der Waals surface area (Å²) in [6.07, 6.45) is 0.454. The summed E-state index contributed by atoms with van der Waals surface area (Å²) in [6, 6.07) is 8.79. The van der Waals surface area contributed by atoms with Gasteiger partial charge in [0, 0.05) is 13.1 Å². The zero-order valence-corrected chi connectivity index (χ0v) is 21.6.